The van der Waals surface area contributed by atoms with Crippen LogP contribution in [0.2, 0.25) is 0 Å². The Bertz CT molecular complexity index is 3070. The molecular formula is C59H41N. The first-order valence-corrected chi connectivity index (χ1v) is 20.8. The van der Waals surface area contributed by atoms with Crippen LogP contribution in [0.3, 0.4) is 0 Å². The van der Waals surface area contributed by atoms with Gasteiger partial charge in [0.1, 0.15) is 0 Å². The molecule has 1 aliphatic carbocycles. The number of anilines is 3. The number of fused-ring (bicyclic) bond motifs is 4. The Morgan fingerprint density at radius 1 is 0.300 bits per heavy atom. The molecule has 1 heteroatoms. The van der Waals surface area contributed by atoms with Gasteiger partial charge in [-0.25, -0.2) is 0 Å². The minimum absolute atomic E-state index is 0.525. The highest BCUT2D eigenvalue weighted by atomic mass is 15.1. The number of hydrogen-bond donors (Lipinski definition) is 0. The van der Waals surface area contributed by atoms with Crippen LogP contribution >= 0.6 is 0 Å². The van der Waals surface area contributed by atoms with Crippen LogP contribution in [0, 0.1) is 0 Å². The van der Waals surface area contributed by atoms with Gasteiger partial charge in [0.2, 0.25) is 0 Å². The van der Waals surface area contributed by atoms with E-state index in [1.165, 1.54) is 77.5 Å². The van der Waals surface area contributed by atoms with Crippen molar-refractivity contribution in [2.75, 3.05) is 4.90 Å². The first kappa shape index (κ1) is 35.4. The molecule has 1 aliphatic rings. The van der Waals surface area contributed by atoms with Crippen molar-refractivity contribution in [1.29, 1.82) is 0 Å². The third kappa shape index (κ3) is 5.78. The predicted octanol–water partition coefficient (Wildman–Crippen LogP) is 15.7. The van der Waals surface area contributed by atoms with Crippen LogP contribution in [0.5, 0.6) is 0 Å². The fourth-order valence-electron chi connectivity index (χ4n) is 9.72. The van der Waals surface area contributed by atoms with Gasteiger partial charge in [-0.05, 0) is 96.7 Å². The lowest BCUT2D eigenvalue weighted by molar-refractivity contribution is 0.768. The van der Waals surface area contributed by atoms with Crippen LogP contribution in [-0.4, -0.2) is 0 Å². The van der Waals surface area contributed by atoms with E-state index in [2.05, 4.69) is 254 Å². The largest absolute Gasteiger partial charge is 0.309 e. The van der Waals surface area contributed by atoms with E-state index >= 15 is 0 Å². The van der Waals surface area contributed by atoms with Crippen LogP contribution < -0.4 is 4.90 Å². The Morgan fingerprint density at radius 2 is 0.800 bits per heavy atom. The van der Waals surface area contributed by atoms with Crippen LogP contribution in [-0.2, 0) is 5.41 Å². The van der Waals surface area contributed by atoms with E-state index in [9.17, 15) is 0 Å². The highest BCUT2D eigenvalue weighted by Crippen LogP contribution is 2.60. The molecule has 0 aromatic heterocycles. The monoisotopic (exact) mass is 763 g/mol. The summed E-state index contributed by atoms with van der Waals surface area (Å²) in [5, 5.41) is 2.44. The van der Waals surface area contributed by atoms with Crippen molar-refractivity contribution in [2.45, 2.75) is 5.41 Å². The highest BCUT2D eigenvalue weighted by Gasteiger charge is 2.47. The summed E-state index contributed by atoms with van der Waals surface area (Å²) in [5.41, 5.74) is 17.5. The molecule has 0 amide bonds. The van der Waals surface area contributed by atoms with E-state index in [1.54, 1.807) is 0 Å². The van der Waals surface area contributed by atoms with Crippen molar-refractivity contribution in [3.63, 3.8) is 0 Å². The third-order valence-corrected chi connectivity index (χ3v) is 12.4. The lowest BCUT2D eigenvalue weighted by atomic mass is 9.68. The Morgan fingerprint density at radius 3 is 1.50 bits per heavy atom. The zero-order chi connectivity index (χ0) is 39.9. The van der Waals surface area contributed by atoms with Crippen LogP contribution in [0.1, 0.15) is 22.3 Å². The molecule has 0 fully saturated rings. The lowest BCUT2D eigenvalue weighted by Crippen LogP contribution is -2.28. The molecule has 11 rings (SSSR count). The van der Waals surface area contributed by atoms with E-state index in [-0.39, 0.29) is 0 Å². The molecule has 0 saturated heterocycles. The Kier molecular flexibility index (Phi) is 8.79. The van der Waals surface area contributed by atoms with E-state index in [4.69, 9.17) is 0 Å². The molecule has 0 saturated carbocycles. The lowest BCUT2D eigenvalue weighted by Gasteiger charge is -2.34. The topological polar surface area (TPSA) is 3.24 Å². The molecular weight excluding hydrogens is 723 g/mol. The minimum Gasteiger partial charge on any atom is -0.309 e. The summed E-state index contributed by atoms with van der Waals surface area (Å²) in [6, 6.07) is 91.1. The summed E-state index contributed by atoms with van der Waals surface area (Å²) in [5.74, 6) is 0. The van der Waals surface area contributed by atoms with E-state index < -0.39 is 5.41 Å². The molecule has 60 heavy (non-hydrogen) atoms. The second-order valence-corrected chi connectivity index (χ2v) is 15.6. The van der Waals surface area contributed by atoms with Gasteiger partial charge in [-0.15, -0.1) is 0 Å². The molecule has 0 unspecified atom stereocenters. The highest BCUT2D eigenvalue weighted by molar-refractivity contribution is 6.05. The predicted molar refractivity (Wildman–Crippen MR) is 252 cm³/mol. The molecule has 10 aromatic carbocycles. The normalized spacial score (nSPS) is 12.5. The maximum absolute atomic E-state index is 2.52. The van der Waals surface area contributed by atoms with E-state index in [1.807, 2.05) is 0 Å². The fraction of sp³-hybridized carbons (Fsp3) is 0.0169. The van der Waals surface area contributed by atoms with Crippen molar-refractivity contribution < 1.29 is 0 Å². The van der Waals surface area contributed by atoms with Gasteiger partial charge in [0, 0.05) is 16.8 Å². The van der Waals surface area contributed by atoms with Crippen molar-refractivity contribution in [2.24, 2.45) is 0 Å². The molecule has 0 N–H and O–H groups in total. The standard InChI is InChI=1S/C59H41N/c1-5-19-42(20-6-1)44-35-38-49(39-36-44)60(56-40-37-46(43-21-7-2-8-22-43)41-53(56)51-31-17-24-45-23-13-14-29-50(45)51)57-34-18-33-55-58(57)52-30-15-16-32-54(52)59(55,47-25-9-3-10-26-47)48-27-11-4-12-28-48/h1-41H. The Hall–Kier alpha value is -7.74. The van der Waals surface area contributed by atoms with E-state index in [0.717, 1.165) is 17.1 Å². The van der Waals surface area contributed by atoms with Gasteiger partial charge in [-0.3, -0.25) is 0 Å². The second-order valence-electron chi connectivity index (χ2n) is 15.6. The minimum atomic E-state index is -0.525. The van der Waals surface area contributed by atoms with Crippen molar-refractivity contribution in [3.8, 4) is 44.5 Å². The van der Waals surface area contributed by atoms with Gasteiger partial charge < -0.3 is 4.90 Å². The Labute approximate surface area is 352 Å². The summed E-state index contributed by atoms with van der Waals surface area (Å²) < 4.78 is 0. The van der Waals surface area contributed by atoms with Crippen molar-refractivity contribution >= 4 is 27.8 Å². The summed E-state index contributed by atoms with van der Waals surface area (Å²) >= 11 is 0. The molecule has 0 atom stereocenters. The molecule has 0 heterocycles. The maximum Gasteiger partial charge on any atom is 0.0714 e. The SMILES string of the molecule is c1ccc(-c2ccc(N(c3ccc(-c4ccccc4)cc3-c3cccc4ccccc34)c3cccc4c3-c3ccccc3C4(c3ccccc3)c3ccccc3)cc2)cc1. The Balaban J connectivity index is 1.23. The average molecular weight is 764 g/mol. The molecule has 1 nitrogen and oxygen atoms in total. The van der Waals surface area contributed by atoms with Crippen molar-refractivity contribution in [3.05, 3.63) is 271 Å². The van der Waals surface area contributed by atoms with Crippen LogP contribution in [0.25, 0.3) is 55.3 Å². The van der Waals surface area contributed by atoms with Gasteiger partial charge in [0.25, 0.3) is 0 Å². The summed E-state index contributed by atoms with van der Waals surface area (Å²) in [7, 11) is 0. The van der Waals surface area contributed by atoms with Gasteiger partial charge in [0.05, 0.1) is 16.8 Å². The van der Waals surface area contributed by atoms with Gasteiger partial charge in [-0.1, -0.05) is 218 Å². The van der Waals surface area contributed by atoms with Gasteiger partial charge >= 0.3 is 0 Å². The number of nitrogens with zero attached hydrogens (tertiary/aromatic N) is 1. The zero-order valence-corrected chi connectivity index (χ0v) is 33.1. The first-order valence-electron chi connectivity index (χ1n) is 20.8. The molecule has 0 bridgehead atoms. The number of hydrogen-bond acceptors (Lipinski definition) is 1. The number of benzene rings is 10. The number of rotatable bonds is 8. The van der Waals surface area contributed by atoms with Crippen LogP contribution in [0.15, 0.2) is 249 Å². The molecule has 0 radical (unpaired) electrons. The molecule has 282 valence electrons. The van der Waals surface area contributed by atoms with E-state index in [0.29, 0.717) is 0 Å². The molecule has 0 spiro atoms. The average Bonchev–Trinajstić information content (AvgIpc) is 3.64. The van der Waals surface area contributed by atoms with Crippen LogP contribution in [0.4, 0.5) is 17.1 Å². The fourth-order valence-corrected chi connectivity index (χ4v) is 9.72. The maximum atomic E-state index is 2.52. The summed E-state index contributed by atoms with van der Waals surface area (Å²) in [6.07, 6.45) is 0. The molecule has 0 aliphatic heterocycles. The first-order chi connectivity index (χ1) is 29.8. The quantitative estimate of drug-likeness (QED) is 0.149. The van der Waals surface area contributed by atoms with Gasteiger partial charge in [-0.2, -0.15) is 0 Å². The smallest absolute Gasteiger partial charge is 0.0714 e. The molecule has 10 aromatic rings. The zero-order valence-electron chi connectivity index (χ0n) is 33.1. The van der Waals surface area contributed by atoms with Crippen molar-refractivity contribution in [1.82, 2.24) is 0 Å². The second kappa shape index (κ2) is 14.9. The third-order valence-electron chi connectivity index (χ3n) is 12.4. The van der Waals surface area contributed by atoms with Gasteiger partial charge in [0.15, 0.2) is 0 Å². The summed E-state index contributed by atoms with van der Waals surface area (Å²) in [6.45, 7) is 0. The summed E-state index contributed by atoms with van der Waals surface area (Å²) in [4.78, 5) is 2.52.